The summed E-state index contributed by atoms with van der Waals surface area (Å²) < 4.78 is 2.24. The largest absolute Gasteiger partial charge is 0.507 e. The quantitative estimate of drug-likeness (QED) is 0.262. The van der Waals surface area contributed by atoms with Crippen LogP contribution >= 0.6 is 0 Å². The topological polar surface area (TPSA) is 114 Å². The number of hydrogen-bond acceptors (Lipinski definition) is 7. The molecule has 0 saturated heterocycles. The number of fused-ring (bicyclic) bond motifs is 1. The molecule has 0 amide bonds. The van der Waals surface area contributed by atoms with Crippen LogP contribution < -0.4 is 16.4 Å². The van der Waals surface area contributed by atoms with Crippen molar-refractivity contribution in [2.75, 3.05) is 10.6 Å². The fourth-order valence-electron chi connectivity index (χ4n) is 5.76. The Labute approximate surface area is 217 Å². The summed E-state index contributed by atoms with van der Waals surface area (Å²) in [5.74, 6) is 1.64. The molecule has 5 N–H and O–H groups in total. The minimum atomic E-state index is 0.117. The monoisotopic (exact) mass is 497 g/mol. The average molecular weight is 498 g/mol. The molecule has 4 aromatic rings. The summed E-state index contributed by atoms with van der Waals surface area (Å²) in [6.45, 7) is 0.603. The third-order valence-corrected chi connectivity index (χ3v) is 7.90. The van der Waals surface area contributed by atoms with Gasteiger partial charge in [0.2, 0.25) is 5.95 Å². The van der Waals surface area contributed by atoms with E-state index in [2.05, 4.69) is 27.3 Å². The zero-order valence-corrected chi connectivity index (χ0v) is 21.1. The van der Waals surface area contributed by atoms with Gasteiger partial charge < -0.3 is 26.0 Å². The van der Waals surface area contributed by atoms with Gasteiger partial charge in [0, 0.05) is 30.2 Å². The molecule has 0 bridgehead atoms. The highest BCUT2D eigenvalue weighted by molar-refractivity contribution is 5.84. The molecule has 2 atom stereocenters. The zero-order chi connectivity index (χ0) is 25.2. The normalized spacial score (nSPS) is 20.4. The van der Waals surface area contributed by atoms with E-state index in [0.29, 0.717) is 18.5 Å². The van der Waals surface area contributed by atoms with Crippen LogP contribution in [0.5, 0.6) is 5.75 Å². The summed E-state index contributed by atoms with van der Waals surface area (Å²) in [6.07, 6.45) is 11.2. The van der Waals surface area contributed by atoms with E-state index in [1.54, 1.807) is 6.07 Å². The van der Waals surface area contributed by atoms with E-state index in [9.17, 15) is 5.11 Å². The van der Waals surface area contributed by atoms with E-state index in [-0.39, 0.29) is 17.8 Å². The second-order valence-corrected chi connectivity index (χ2v) is 10.4. The van der Waals surface area contributed by atoms with Gasteiger partial charge in [0.05, 0.1) is 6.33 Å². The van der Waals surface area contributed by atoms with E-state index in [4.69, 9.17) is 20.7 Å². The van der Waals surface area contributed by atoms with E-state index in [0.717, 1.165) is 59.4 Å². The van der Waals surface area contributed by atoms with Gasteiger partial charge in [-0.05, 0) is 42.9 Å². The number of anilines is 2. The van der Waals surface area contributed by atoms with Gasteiger partial charge in [-0.3, -0.25) is 0 Å². The minimum Gasteiger partial charge on any atom is -0.507 e. The van der Waals surface area contributed by atoms with Crippen LogP contribution in [0.2, 0.25) is 0 Å². The lowest BCUT2D eigenvalue weighted by molar-refractivity contribution is 0.402. The lowest BCUT2D eigenvalue weighted by Crippen LogP contribution is -2.43. The van der Waals surface area contributed by atoms with Gasteiger partial charge in [0.25, 0.3) is 0 Å². The molecule has 2 heterocycles. The predicted octanol–water partition coefficient (Wildman–Crippen LogP) is 5.61. The number of para-hydroxylation sites is 1. The summed E-state index contributed by atoms with van der Waals surface area (Å²) in [5, 5.41) is 17.2. The molecule has 2 aliphatic rings. The first-order chi connectivity index (χ1) is 18.2. The van der Waals surface area contributed by atoms with Crippen LogP contribution in [0.15, 0.2) is 54.9 Å². The van der Waals surface area contributed by atoms with Crippen molar-refractivity contribution in [3.05, 3.63) is 60.4 Å². The first kappa shape index (κ1) is 23.7. The van der Waals surface area contributed by atoms with Crippen molar-refractivity contribution in [2.45, 2.75) is 76.0 Å². The Morgan fingerprint density at radius 3 is 2.46 bits per heavy atom. The molecular formula is C29H35N7O. The molecule has 2 unspecified atom stereocenters. The Morgan fingerprint density at radius 2 is 1.68 bits per heavy atom. The summed E-state index contributed by atoms with van der Waals surface area (Å²) in [7, 11) is 0. The van der Waals surface area contributed by atoms with E-state index < -0.39 is 0 Å². The first-order valence-corrected chi connectivity index (χ1v) is 13.5. The Morgan fingerprint density at radius 1 is 0.919 bits per heavy atom. The number of rotatable bonds is 7. The number of phenolic OH excluding ortho intramolecular Hbond substituents is 1. The molecule has 6 rings (SSSR count). The highest BCUT2D eigenvalue weighted by atomic mass is 16.3. The van der Waals surface area contributed by atoms with Crippen LogP contribution in [0, 0.1) is 0 Å². The predicted molar refractivity (Wildman–Crippen MR) is 148 cm³/mol. The molecule has 0 radical (unpaired) electrons. The summed E-state index contributed by atoms with van der Waals surface area (Å²) in [4.78, 5) is 14.5. The number of hydrogen-bond donors (Lipinski definition) is 4. The number of nitrogens with two attached hydrogens (primary N) is 1. The van der Waals surface area contributed by atoms with Crippen molar-refractivity contribution in [1.29, 1.82) is 0 Å². The standard InChI is InChI=1S/C29H35N7O/c30-23-10-4-5-11-24(23)33-29-34-27(26-28(35-29)36(18-32-26)21-7-1-2-8-21)31-17-19-13-15-20(16-14-19)22-9-3-6-12-25(22)37/h3,6,9,12-16,18,21,23-24,37H,1-2,4-5,7-8,10-11,17,30H2,(H2,31,33,34,35). The van der Waals surface area contributed by atoms with Gasteiger partial charge >= 0.3 is 0 Å². The second kappa shape index (κ2) is 10.4. The van der Waals surface area contributed by atoms with Crippen molar-refractivity contribution in [2.24, 2.45) is 5.73 Å². The first-order valence-electron chi connectivity index (χ1n) is 13.5. The molecule has 0 aliphatic heterocycles. The molecule has 192 valence electrons. The number of imidazole rings is 1. The number of nitrogens with zero attached hydrogens (tertiary/aromatic N) is 4. The van der Waals surface area contributed by atoms with Crippen molar-refractivity contribution in [3.8, 4) is 16.9 Å². The van der Waals surface area contributed by atoms with Crippen molar-refractivity contribution < 1.29 is 5.11 Å². The van der Waals surface area contributed by atoms with Crippen molar-refractivity contribution >= 4 is 22.9 Å². The highest BCUT2D eigenvalue weighted by Gasteiger charge is 2.25. The summed E-state index contributed by atoms with van der Waals surface area (Å²) in [6, 6.07) is 16.4. The third kappa shape index (κ3) is 4.98. The van der Waals surface area contributed by atoms with Crippen LogP contribution in [0.1, 0.15) is 63.0 Å². The average Bonchev–Trinajstić information content (AvgIpc) is 3.60. The third-order valence-electron chi connectivity index (χ3n) is 7.90. The van der Waals surface area contributed by atoms with E-state index in [1.165, 1.54) is 25.7 Å². The molecule has 2 aliphatic carbocycles. The second-order valence-electron chi connectivity index (χ2n) is 10.4. The smallest absolute Gasteiger partial charge is 0.227 e. The Kier molecular flexibility index (Phi) is 6.66. The van der Waals surface area contributed by atoms with Gasteiger partial charge in [-0.2, -0.15) is 9.97 Å². The molecule has 8 heteroatoms. The Hall–Kier alpha value is -3.65. The molecule has 2 fully saturated rings. The molecule has 2 aromatic carbocycles. The number of aromatic hydroxyl groups is 1. The zero-order valence-electron chi connectivity index (χ0n) is 21.1. The minimum absolute atomic E-state index is 0.117. The Balaban J connectivity index is 1.27. The van der Waals surface area contributed by atoms with Crippen LogP contribution in [-0.4, -0.2) is 36.7 Å². The molecule has 0 spiro atoms. The maximum absolute atomic E-state index is 10.2. The molecule has 2 saturated carbocycles. The fourth-order valence-corrected chi connectivity index (χ4v) is 5.76. The maximum Gasteiger partial charge on any atom is 0.227 e. The van der Waals surface area contributed by atoms with Crippen molar-refractivity contribution in [3.63, 3.8) is 0 Å². The van der Waals surface area contributed by atoms with Gasteiger partial charge in [0.1, 0.15) is 5.75 Å². The van der Waals surface area contributed by atoms with Crippen LogP contribution in [0.3, 0.4) is 0 Å². The van der Waals surface area contributed by atoms with E-state index >= 15 is 0 Å². The number of nitrogens with one attached hydrogen (secondary N) is 2. The highest BCUT2D eigenvalue weighted by Crippen LogP contribution is 2.34. The molecular weight excluding hydrogens is 462 g/mol. The number of benzene rings is 2. The lowest BCUT2D eigenvalue weighted by atomic mass is 9.91. The van der Waals surface area contributed by atoms with Crippen LogP contribution in [-0.2, 0) is 6.54 Å². The Bertz CT molecular complexity index is 1360. The SMILES string of the molecule is NC1CCCCC1Nc1nc(NCc2ccc(-c3ccccc3O)cc2)c2ncn(C3CCCC3)c2n1. The van der Waals surface area contributed by atoms with Gasteiger partial charge in [-0.15, -0.1) is 0 Å². The van der Waals surface area contributed by atoms with Gasteiger partial charge in [0.15, 0.2) is 17.0 Å². The van der Waals surface area contributed by atoms with E-state index in [1.807, 2.05) is 36.7 Å². The molecule has 37 heavy (non-hydrogen) atoms. The summed E-state index contributed by atoms with van der Waals surface area (Å²) >= 11 is 0. The van der Waals surface area contributed by atoms with Crippen LogP contribution in [0.4, 0.5) is 11.8 Å². The fraction of sp³-hybridized carbons (Fsp3) is 0.414. The van der Waals surface area contributed by atoms with Gasteiger partial charge in [-0.1, -0.05) is 68.1 Å². The summed E-state index contributed by atoms with van der Waals surface area (Å²) in [5.41, 5.74) is 11.0. The molecule has 8 nitrogen and oxygen atoms in total. The molecule has 2 aromatic heterocycles. The maximum atomic E-state index is 10.2. The number of aromatic nitrogens is 4. The van der Waals surface area contributed by atoms with Crippen molar-refractivity contribution in [1.82, 2.24) is 19.5 Å². The van der Waals surface area contributed by atoms with Crippen LogP contribution in [0.25, 0.3) is 22.3 Å². The number of phenols is 1. The van der Waals surface area contributed by atoms with Gasteiger partial charge in [-0.25, -0.2) is 4.98 Å². The lowest BCUT2D eigenvalue weighted by Gasteiger charge is -2.29.